The smallest absolute Gasteiger partial charge is 0.232 e. The van der Waals surface area contributed by atoms with Gasteiger partial charge in [0.25, 0.3) is 0 Å². The molecule has 7 nitrogen and oxygen atoms in total. The zero-order valence-corrected chi connectivity index (χ0v) is 15.5. The Morgan fingerprint density at radius 1 is 1.40 bits per heavy atom. The van der Waals surface area contributed by atoms with E-state index in [0.717, 1.165) is 25.7 Å². The predicted octanol–water partition coefficient (Wildman–Crippen LogP) is 1.54. The first-order chi connectivity index (χ1) is 11.9. The molecule has 1 heterocycles. The van der Waals surface area contributed by atoms with Crippen LogP contribution >= 0.6 is 0 Å². The third kappa shape index (κ3) is 5.89. The quantitative estimate of drug-likeness (QED) is 0.713. The second kappa shape index (κ2) is 9.05. The van der Waals surface area contributed by atoms with E-state index in [1.165, 1.54) is 11.4 Å². The van der Waals surface area contributed by atoms with E-state index in [1.54, 1.807) is 24.3 Å². The number of carbonyl (C=O) groups is 1. The molecule has 0 aliphatic carbocycles. The van der Waals surface area contributed by atoms with Crippen molar-refractivity contribution in [2.24, 2.45) is 0 Å². The van der Waals surface area contributed by atoms with Crippen LogP contribution in [-0.4, -0.2) is 53.5 Å². The molecule has 1 aliphatic rings. The molecule has 140 valence electrons. The number of hydrogen-bond acceptors (Lipinski definition) is 5. The van der Waals surface area contributed by atoms with Gasteiger partial charge in [-0.05, 0) is 31.4 Å². The van der Waals surface area contributed by atoms with Crippen LogP contribution in [0.3, 0.4) is 0 Å². The fraction of sp³-hybridized carbons (Fsp3) is 0.588. The van der Waals surface area contributed by atoms with Gasteiger partial charge in [-0.2, -0.15) is 0 Å². The molecule has 1 atom stereocenters. The summed E-state index contributed by atoms with van der Waals surface area (Å²) in [4.78, 5) is 11.9. The largest absolute Gasteiger partial charge is 0.495 e. The van der Waals surface area contributed by atoms with E-state index in [-0.39, 0.29) is 25.0 Å². The summed E-state index contributed by atoms with van der Waals surface area (Å²) in [7, 11) is -1.97. The first kappa shape index (κ1) is 19.5. The van der Waals surface area contributed by atoms with Crippen LogP contribution in [0.5, 0.6) is 5.75 Å². The first-order valence-corrected chi connectivity index (χ1v) is 10.3. The van der Waals surface area contributed by atoms with Crippen molar-refractivity contribution in [1.82, 2.24) is 5.32 Å². The third-order valence-electron chi connectivity index (χ3n) is 4.07. The van der Waals surface area contributed by atoms with Gasteiger partial charge in [0.05, 0.1) is 25.2 Å². The zero-order valence-electron chi connectivity index (χ0n) is 14.7. The first-order valence-electron chi connectivity index (χ1n) is 8.41. The minimum absolute atomic E-state index is 0.0935. The lowest BCUT2D eigenvalue weighted by Crippen LogP contribution is -2.34. The van der Waals surface area contributed by atoms with Crippen molar-refractivity contribution >= 4 is 21.6 Å². The summed E-state index contributed by atoms with van der Waals surface area (Å²) < 4.78 is 36.2. The van der Waals surface area contributed by atoms with E-state index >= 15 is 0 Å². The number of nitrogens with one attached hydrogen (secondary N) is 1. The Morgan fingerprint density at radius 2 is 2.16 bits per heavy atom. The summed E-state index contributed by atoms with van der Waals surface area (Å²) >= 11 is 0. The molecule has 1 amide bonds. The number of carbonyl (C=O) groups excluding carboxylic acids is 1. The van der Waals surface area contributed by atoms with Gasteiger partial charge in [-0.1, -0.05) is 12.1 Å². The highest BCUT2D eigenvalue weighted by Crippen LogP contribution is 2.29. The second-order valence-electron chi connectivity index (χ2n) is 6.05. The van der Waals surface area contributed by atoms with Crippen molar-refractivity contribution in [3.05, 3.63) is 24.3 Å². The molecule has 1 N–H and O–H groups in total. The van der Waals surface area contributed by atoms with Crippen LogP contribution in [0.1, 0.15) is 25.7 Å². The highest BCUT2D eigenvalue weighted by molar-refractivity contribution is 7.92. The molecule has 0 radical (unpaired) electrons. The standard InChI is InChI=1S/C17H26N2O5S/c1-23-16-9-4-3-8-15(16)19(25(2,21)22)11-5-10-17(20)18-13-14-7-6-12-24-14/h3-4,8-9,14H,5-7,10-13H2,1-2H3,(H,18,20). The van der Waals surface area contributed by atoms with Gasteiger partial charge in [0.1, 0.15) is 5.75 Å². The Hall–Kier alpha value is -1.80. The van der Waals surface area contributed by atoms with E-state index in [4.69, 9.17) is 9.47 Å². The molecule has 0 aromatic heterocycles. The van der Waals surface area contributed by atoms with Gasteiger partial charge in [-0.15, -0.1) is 0 Å². The maximum atomic E-state index is 12.1. The van der Waals surface area contributed by atoms with Gasteiger partial charge in [0.2, 0.25) is 15.9 Å². The number of amides is 1. The number of sulfonamides is 1. The lowest BCUT2D eigenvalue weighted by Gasteiger charge is -2.24. The molecule has 0 saturated carbocycles. The summed E-state index contributed by atoms with van der Waals surface area (Å²) in [6, 6.07) is 6.94. The Labute approximate surface area is 149 Å². The summed E-state index contributed by atoms with van der Waals surface area (Å²) in [6.45, 7) is 1.48. The Kier molecular flexibility index (Phi) is 7.07. The molecule has 1 aliphatic heterocycles. The van der Waals surface area contributed by atoms with Crippen LogP contribution in [0.15, 0.2) is 24.3 Å². The number of para-hydroxylation sites is 2. The van der Waals surface area contributed by atoms with Crippen molar-refractivity contribution in [3.8, 4) is 5.75 Å². The molecule has 1 aromatic carbocycles. The van der Waals surface area contributed by atoms with Gasteiger partial charge < -0.3 is 14.8 Å². The van der Waals surface area contributed by atoms with Crippen LogP contribution in [0, 0.1) is 0 Å². The van der Waals surface area contributed by atoms with Crippen molar-refractivity contribution in [2.45, 2.75) is 31.8 Å². The van der Waals surface area contributed by atoms with E-state index in [0.29, 0.717) is 24.4 Å². The van der Waals surface area contributed by atoms with Gasteiger partial charge in [-0.25, -0.2) is 8.42 Å². The molecule has 8 heteroatoms. The number of methoxy groups -OCH3 is 1. The van der Waals surface area contributed by atoms with Crippen LogP contribution in [-0.2, 0) is 19.6 Å². The van der Waals surface area contributed by atoms with Gasteiger partial charge in [-0.3, -0.25) is 9.10 Å². The van der Waals surface area contributed by atoms with Crippen LogP contribution in [0.2, 0.25) is 0 Å². The highest BCUT2D eigenvalue weighted by Gasteiger charge is 2.21. The van der Waals surface area contributed by atoms with Gasteiger partial charge in [0.15, 0.2) is 0 Å². The maximum absolute atomic E-state index is 12.1. The normalized spacial score (nSPS) is 17.3. The van der Waals surface area contributed by atoms with Crippen molar-refractivity contribution in [1.29, 1.82) is 0 Å². The highest BCUT2D eigenvalue weighted by atomic mass is 32.2. The Balaban J connectivity index is 1.89. The molecule has 1 unspecified atom stereocenters. The molecule has 0 bridgehead atoms. The Morgan fingerprint density at radius 3 is 2.80 bits per heavy atom. The lowest BCUT2D eigenvalue weighted by molar-refractivity contribution is -0.121. The van der Waals surface area contributed by atoms with E-state index in [1.807, 2.05) is 0 Å². The van der Waals surface area contributed by atoms with Crippen LogP contribution in [0.25, 0.3) is 0 Å². The third-order valence-corrected chi connectivity index (χ3v) is 5.25. The lowest BCUT2D eigenvalue weighted by atomic mass is 10.2. The molecule has 1 aromatic rings. The number of nitrogens with zero attached hydrogens (tertiary/aromatic N) is 1. The fourth-order valence-electron chi connectivity index (χ4n) is 2.81. The van der Waals surface area contributed by atoms with Crippen molar-refractivity contribution < 1.29 is 22.7 Å². The maximum Gasteiger partial charge on any atom is 0.232 e. The second-order valence-corrected chi connectivity index (χ2v) is 7.96. The molecule has 25 heavy (non-hydrogen) atoms. The van der Waals surface area contributed by atoms with Crippen LogP contribution in [0.4, 0.5) is 5.69 Å². The minimum Gasteiger partial charge on any atom is -0.495 e. The molecular weight excluding hydrogens is 344 g/mol. The molecule has 1 fully saturated rings. The van der Waals surface area contributed by atoms with E-state index < -0.39 is 10.0 Å². The van der Waals surface area contributed by atoms with Gasteiger partial charge >= 0.3 is 0 Å². The number of ether oxygens (including phenoxy) is 2. The van der Waals surface area contributed by atoms with Crippen molar-refractivity contribution in [3.63, 3.8) is 0 Å². The molecule has 0 spiro atoms. The number of benzene rings is 1. The molecule has 2 rings (SSSR count). The summed E-state index contributed by atoms with van der Waals surface area (Å²) in [5, 5.41) is 2.84. The summed E-state index contributed by atoms with van der Waals surface area (Å²) in [5.41, 5.74) is 0.479. The van der Waals surface area contributed by atoms with Crippen molar-refractivity contribution in [2.75, 3.05) is 37.4 Å². The molecular formula is C17H26N2O5S. The average Bonchev–Trinajstić information content (AvgIpc) is 3.09. The Bertz CT molecular complexity index is 671. The number of rotatable bonds is 9. The number of hydrogen-bond donors (Lipinski definition) is 1. The fourth-order valence-corrected chi connectivity index (χ4v) is 3.77. The molecule has 1 saturated heterocycles. The number of anilines is 1. The SMILES string of the molecule is COc1ccccc1N(CCCC(=O)NCC1CCCO1)S(C)(=O)=O. The predicted molar refractivity (Wildman–Crippen MR) is 96.4 cm³/mol. The average molecular weight is 370 g/mol. The topological polar surface area (TPSA) is 84.9 Å². The van der Waals surface area contributed by atoms with Crippen LogP contribution < -0.4 is 14.4 Å². The summed E-state index contributed by atoms with van der Waals surface area (Å²) in [5.74, 6) is 0.389. The van der Waals surface area contributed by atoms with E-state index in [2.05, 4.69) is 5.32 Å². The minimum atomic E-state index is -3.47. The summed E-state index contributed by atoms with van der Waals surface area (Å²) in [6.07, 6.45) is 3.93. The monoisotopic (exact) mass is 370 g/mol. The van der Waals surface area contributed by atoms with Gasteiger partial charge in [0, 0.05) is 26.1 Å². The zero-order chi connectivity index (χ0) is 18.3. The van der Waals surface area contributed by atoms with E-state index in [9.17, 15) is 13.2 Å².